The number of carbonyl (C=O) groups excluding carboxylic acids is 2. The molecule has 1 fully saturated rings. The van der Waals surface area contributed by atoms with Crippen LogP contribution >= 0.6 is 0 Å². The smallest absolute Gasteiger partial charge is 0.426 e. The van der Waals surface area contributed by atoms with Crippen LogP contribution in [0, 0.1) is 11.6 Å². The minimum Gasteiger partial charge on any atom is -0.426 e. The van der Waals surface area contributed by atoms with Crippen LogP contribution in [0.1, 0.15) is 12.5 Å². The number of rotatable bonds is 3. The topological polar surface area (TPSA) is 58.6 Å². The Labute approximate surface area is 130 Å². The zero-order chi connectivity index (χ0) is 16.6. The van der Waals surface area contributed by atoms with Crippen LogP contribution in [0.3, 0.4) is 0 Å². The molecule has 1 heterocycles. The summed E-state index contributed by atoms with van der Waals surface area (Å²) in [7, 11) is 0. The average molecular weight is 318 g/mol. The van der Waals surface area contributed by atoms with Crippen LogP contribution < -0.4 is 5.43 Å². The van der Waals surface area contributed by atoms with Crippen molar-refractivity contribution in [3.8, 4) is 0 Å². The molecule has 2 amide bonds. The molecule has 1 aliphatic rings. The second-order valence-corrected chi connectivity index (χ2v) is 5.14. The molecular weight excluding hydrogens is 306 g/mol. The Morgan fingerprint density at radius 3 is 2.43 bits per heavy atom. The van der Waals surface area contributed by atoms with Gasteiger partial charge in [0.1, 0.15) is 11.6 Å². The first kappa shape index (κ1) is 15.0. The SMILES string of the molecule is C[C@@]1(c2ccc(F)cc2F)OC(=O)N(Nc2ccccc2)C1=O. The summed E-state index contributed by atoms with van der Waals surface area (Å²) in [6, 6.07) is 11.2. The van der Waals surface area contributed by atoms with Gasteiger partial charge in [0.05, 0.1) is 5.69 Å². The molecule has 0 bridgehead atoms. The number of carbonyl (C=O) groups is 2. The van der Waals surface area contributed by atoms with Gasteiger partial charge in [0.2, 0.25) is 5.60 Å². The van der Waals surface area contributed by atoms with E-state index in [9.17, 15) is 18.4 Å². The van der Waals surface area contributed by atoms with Crippen molar-refractivity contribution in [3.63, 3.8) is 0 Å². The standard InChI is InChI=1S/C16H12F2N2O3/c1-16(12-8-7-10(17)9-13(12)18)14(21)20(15(22)23-16)19-11-5-3-2-4-6-11/h2-9,19H,1H3/t16-/m0/s1. The van der Waals surface area contributed by atoms with Crippen LogP contribution in [-0.4, -0.2) is 17.0 Å². The fraction of sp³-hybridized carbons (Fsp3) is 0.125. The molecule has 2 aromatic carbocycles. The number of hydrazine groups is 1. The normalized spacial score (nSPS) is 20.6. The number of anilines is 1. The Hall–Kier alpha value is -2.96. The lowest BCUT2D eigenvalue weighted by Gasteiger charge is -2.21. The molecule has 118 valence electrons. The number of benzene rings is 2. The summed E-state index contributed by atoms with van der Waals surface area (Å²) in [5.74, 6) is -2.54. The molecule has 0 unspecified atom stereocenters. The molecular formula is C16H12F2N2O3. The van der Waals surface area contributed by atoms with E-state index < -0.39 is 29.2 Å². The Morgan fingerprint density at radius 2 is 1.78 bits per heavy atom. The van der Waals surface area contributed by atoms with Crippen LogP contribution in [0.4, 0.5) is 19.3 Å². The number of hydrogen-bond donors (Lipinski definition) is 1. The zero-order valence-corrected chi connectivity index (χ0v) is 12.0. The molecule has 0 aromatic heterocycles. The molecule has 7 heteroatoms. The van der Waals surface area contributed by atoms with Gasteiger partial charge in [-0.15, -0.1) is 5.01 Å². The third-order valence-corrected chi connectivity index (χ3v) is 3.54. The fourth-order valence-corrected chi connectivity index (χ4v) is 2.34. The van der Waals surface area contributed by atoms with E-state index in [1.165, 1.54) is 6.92 Å². The lowest BCUT2D eigenvalue weighted by atomic mass is 9.95. The Kier molecular flexibility index (Phi) is 3.48. The minimum absolute atomic E-state index is 0.213. The highest BCUT2D eigenvalue weighted by Crippen LogP contribution is 2.36. The van der Waals surface area contributed by atoms with Crippen molar-refractivity contribution >= 4 is 17.7 Å². The number of nitrogens with one attached hydrogen (secondary N) is 1. The van der Waals surface area contributed by atoms with Crippen molar-refractivity contribution in [1.29, 1.82) is 0 Å². The molecule has 3 rings (SSSR count). The predicted molar refractivity (Wildman–Crippen MR) is 77.1 cm³/mol. The second kappa shape index (κ2) is 5.35. The molecule has 0 spiro atoms. The van der Waals surface area contributed by atoms with Gasteiger partial charge < -0.3 is 4.74 Å². The van der Waals surface area contributed by atoms with Crippen LogP contribution in [-0.2, 0) is 15.1 Å². The van der Waals surface area contributed by atoms with Crippen molar-refractivity contribution in [3.05, 3.63) is 65.7 Å². The molecule has 23 heavy (non-hydrogen) atoms. The van der Waals surface area contributed by atoms with E-state index in [0.29, 0.717) is 16.8 Å². The van der Waals surface area contributed by atoms with E-state index in [4.69, 9.17) is 4.74 Å². The van der Waals surface area contributed by atoms with Crippen LogP contribution in [0.5, 0.6) is 0 Å². The number of amides is 2. The third-order valence-electron chi connectivity index (χ3n) is 3.54. The highest BCUT2D eigenvalue weighted by molar-refractivity contribution is 6.04. The van der Waals surface area contributed by atoms with Crippen LogP contribution in [0.25, 0.3) is 0 Å². The molecule has 5 nitrogen and oxygen atoms in total. The van der Waals surface area contributed by atoms with Crippen LogP contribution in [0.15, 0.2) is 48.5 Å². The summed E-state index contributed by atoms with van der Waals surface area (Å²) in [4.78, 5) is 24.5. The summed E-state index contributed by atoms with van der Waals surface area (Å²) in [6.45, 7) is 1.26. The van der Waals surface area contributed by atoms with Gasteiger partial charge in [-0.1, -0.05) is 18.2 Å². The summed E-state index contributed by atoms with van der Waals surface area (Å²) in [5.41, 5.74) is 1.02. The summed E-state index contributed by atoms with van der Waals surface area (Å²) in [5, 5.41) is 0.665. The molecule has 1 aliphatic heterocycles. The first-order chi connectivity index (χ1) is 10.9. The van der Waals surface area contributed by atoms with Crippen molar-refractivity contribution in [2.75, 3.05) is 5.43 Å². The third kappa shape index (κ3) is 2.50. The maximum atomic E-state index is 14.0. The Morgan fingerprint density at radius 1 is 1.09 bits per heavy atom. The maximum absolute atomic E-state index is 14.0. The molecule has 1 N–H and O–H groups in total. The predicted octanol–water partition coefficient (Wildman–Crippen LogP) is 3.19. The van der Waals surface area contributed by atoms with Crippen molar-refractivity contribution in [2.45, 2.75) is 12.5 Å². The lowest BCUT2D eigenvalue weighted by molar-refractivity contribution is -0.135. The van der Waals surface area contributed by atoms with E-state index in [2.05, 4.69) is 5.43 Å². The van der Waals surface area contributed by atoms with Gasteiger partial charge in [-0.25, -0.2) is 13.6 Å². The van der Waals surface area contributed by atoms with Gasteiger partial charge in [-0.05, 0) is 31.2 Å². The largest absolute Gasteiger partial charge is 0.437 e. The van der Waals surface area contributed by atoms with Gasteiger partial charge in [-0.2, -0.15) is 0 Å². The van der Waals surface area contributed by atoms with E-state index in [1.807, 2.05) is 0 Å². The minimum atomic E-state index is -1.86. The highest BCUT2D eigenvalue weighted by atomic mass is 19.1. The number of imide groups is 1. The Balaban J connectivity index is 1.93. The van der Waals surface area contributed by atoms with E-state index >= 15 is 0 Å². The van der Waals surface area contributed by atoms with Crippen LogP contribution in [0.2, 0.25) is 0 Å². The number of cyclic esters (lactones) is 1. The molecule has 0 aliphatic carbocycles. The molecule has 0 saturated carbocycles. The molecule has 1 atom stereocenters. The first-order valence-corrected chi connectivity index (χ1v) is 6.76. The van der Waals surface area contributed by atoms with Gasteiger partial charge in [0.25, 0.3) is 5.91 Å². The summed E-state index contributed by atoms with van der Waals surface area (Å²) >= 11 is 0. The van der Waals surface area contributed by atoms with E-state index in [0.717, 1.165) is 12.1 Å². The lowest BCUT2D eigenvalue weighted by Crippen LogP contribution is -2.40. The maximum Gasteiger partial charge on any atom is 0.437 e. The van der Waals surface area contributed by atoms with Crippen molar-refractivity contribution < 1.29 is 23.1 Å². The number of halogens is 2. The molecule has 0 radical (unpaired) electrons. The highest BCUT2D eigenvalue weighted by Gasteiger charge is 2.53. The Bertz CT molecular complexity index is 782. The monoisotopic (exact) mass is 318 g/mol. The number of hydrogen-bond acceptors (Lipinski definition) is 4. The summed E-state index contributed by atoms with van der Waals surface area (Å²) in [6.07, 6.45) is -0.968. The van der Waals surface area contributed by atoms with Crippen molar-refractivity contribution in [1.82, 2.24) is 5.01 Å². The van der Waals surface area contributed by atoms with Gasteiger partial charge in [0.15, 0.2) is 0 Å². The number of ether oxygens (including phenoxy) is 1. The zero-order valence-electron chi connectivity index (χ0n) is 12.0. The number of para-hydroxylation sites is 1. The fourth-order valence-electron chi connectivity index (χ4n) is 2.34. The van der Waals surface area contributed by atoms with Gasteiger partial charge >= 0.3 is 6.09 Å². The quantitative estimate of drug-likeness (QED) is 0.944. The first-order valence-electron chi connectivity index (χ1n) is 6.76. The van der Waals surface area contributed by atoms with Gasteiger partial charge in [-0.3, -0.25) is 10.2 Å². The van der Waals surface area contributed by atoms with E-state index in [1.54, 1.807) is 30.3 Å². The summed E-state index contributed by atoms with van der Waals surface area (Å²) < 4.78 is 32.1. The second-order valence-electron chi connectivity index (χ2n) is 5.14. The average Bonchev–Trinajstić information content (AvgIpc) is 2.72. The van der Waals surface area contributed by atoms with E-state index in [-0.39, 0.29) is 5.56 Å². The molecule has 1 saturated heterocycles. The van der Waals surface area contributed by atoms with Crippen molar-refractivity contribution in [2.24, 2.45) is 0 Å². The van der Waals surface area contributed by atoms with Gasteiger partial charge in [0, 0.05) is 11.6 Å². The number of nitrogens with zero attached hydrogens (tertiary/aromatic N) is 1. The molecule has 2 aromatic rings.